The summed E-state index contributed by atoms with van der Waals surface area (Å²) in [5, 5.41) is 4.24. The SMILES string of the molecule is CCCC(CNCC(C)C)OCc1ccc(Cl)cc1. The van der Waals surface area contributed by atoms with Crippen molar-refractivity contribution >= 4 is 11.6 Å². The summed E-state index contributed by atoms with van der Waals surface area (Å²) in [7, 11) is 0. The molecule has 0 heterocycles. The molecule has 0 aliphatic rings. The molecule has 0 aliphatic carbocycles. The van der Waals surface area contributed by atoms with Gasteiger partial charge in [0.2, 0.25) is 0 Å². The maximum atomic E-state index is 5.98. The molecule has 0 aromatic heterocycles. The number of hydrogen-bond acceptors (Lipinski definition) is 2. The summed E-state index contributed by atoms with van der Waals surface area (Å²) in [5.74, 6) is 0.679. The summed E-state index contributed by atoms with van der Waals surface area (Å²) >= 11 is 5.87. The van der Waals surface area contributed by atoms with Crippen molar-refractivity contribution in [2.75, 3.05) is 13.1 Å². The van der Waals surface area contributed by atoms with E-state index >= 15 is 0 Å². The predicted octanol–water partition coefficient (Wildman–Crippen LogP) is 4.27. The van der Waals surface area contributed by atoms with E-state index in [2.05, 4.69) is 26.1 Å². The van der Waals surface area contributed by atoms with E-state index in [1.807, 2.05) is 24.3 Å². The summed E-state index contributed by atoms with van der Waals surface area (Å²) in [4.78, 5) is 0. The van der Waals surface area contributed by atoms with Crippen LogP contribution in [0.15, 0.2) is 24.3 Å². The highest BCUT2D eigenvalue weighted by Gasteiger charge is 2.08. The zero-order valence-corrected chi connectivity index (χ0v) is 13.0. The van der Waals surface area contributed by atoms with Gasteiger partial charge < -0.3 is 10.1 Å². The van der Waals surface area contributed by atoms with E-state index in [0.717, 1.165) is 31.0 Å². The van der Waals surface area contributed by atoms with Gasteiger partial charge in [-0.05, 0) is 36.6 Å². The molecule has 19 heavy (non-hydrogen) atoms. The maximum Gasteiger partial charge on any atom is 0.0721 e. The molecular weight excluding hydrogens is 258 g/mol. The number of nitrogens with one attached hydrogen (secondary N) is 1. The fraction of sp³-hybridized carbons (Fsp3) is 0.625. The Kier molecular flexibility index (Phi) is 8.11. The van der Waals surface area contributed by atoms with Crippen molar-refractivity contribution in [2.24, 2.45) is 5.92 Å². The molecule has 0 spiro atoms. The van der Waals surface area contributed by atoms with Gasteiger partial charge >= 0.3 is 0 Å². The van der Waals surface area contributed by atoms with Crippen LogP contribution in [0.5, 0.6) is 0 Å². The average Bonchev–Trinajstić information content (AvgIpc) is 2.37. The van der Waals surface area contributed by atoms with E-state index < -0.39 is 0 Å². The van der Waals surface area contributed by atoms with Crippen LogP contribution in [0.25, 0.3) is 0 Å². The van der Waals surface area contributed by atoms with Crippen LogP contribution in [0.4, 0.5) is 0 Å². The molecule has 3 heteroatoms. The van der Waals surface area contributed by atoms with Gasteiger partial charge in [0.25, 0.3) is 0 Å². The van der Waals surface area contributed by atoms with Gasteiger partial charge in [-0.2, -0.15) is 0 Å². The predicted molar refractivity (Wildman–Crippen MR) is 82.6 cm³/mol. The van der Waals surface area contributed by atoms with Crippen LogP contribution in [-0.2, 0) is 11.3 Å². The Balaban J connectivity index is 2.33. The van der Waals surface area contributed by atoms with E-state index in [9.17, 15) is 0 Å². The van der Waals surface area contributed by atoms with Crippen LogP contribution in [0.3, 0.4) is 0 Å². The third kappa shape index (κ3) is 7.56. The highest BCUT2D eigenvalue weighted by molar-refractivity contribution is 6.30. The van der Waals surface area contributed by atoms with E-state index in [1.165, 1.54) is 5.56 Å². The minimum atomic E-state index is 0.291. The van der Waals surface area contributed by atoms with Gasteiger partial charge in [-0.1, -0.05) is 50.9 Å². The minimum Gasteiger partial charge on any atom is -0.372 e. The Bertz CT molecular complexity index is 337. The Hall–Kier alpha value is -0.570. The van der Waals surface area contributed by atoms with Crippen LogP contribution in [-0.4, -0.2) is 19.2 Å². The monoisotopic (exact) mass is 283 g/mol. The van der Waals surface area contributed by atoms with Crippen LogP contribution < -0.4 is 5.32 Å². The topological polar surface area (TPSA) is 21.3 Å². The number of ether oxygens (including phenoxy) is 1. The van der Waals surface area contributed by atoms with Crippen LogP contribution in [0.1, 0.15) is 39.2 Å². The molecule has 0 radical (unpaired) electrons. The van der Waals surface area contributed by atoms with E-state index in [1.54, 1.807) is 0 Å². The molecule has 108 valence electrons. The van der Waals surface area contributed by atoms with Crippen molar-refractivity contribution in [3.05, 3.63) is 34.9 Å². The lowest BCUT2D eigenvalue weighted by Gasteiger charge is -2.19. The largest absolute Gasteiger partial charge is 0.372 e. The van der Waals surface area contributed by atoms with Gasteiger partial charge in [0.05, 0.1) is 12.7 Å². The first-order valence-corrected chi connectivity index (χ1v) is 7.56. The van der Waals surface area contributed by atoms with Crippen molar-refractivity contribution in [3.8, 4) is 0 Å². The lowest BCUT2D eigenvalue weighted by molar-refractivity contribution is 0.0345. The highest BCUT2D eigenvalue weighted by atomic mass is 35.5. The van der Waals surface area contributed by atoms with E-state index in [4.69, 9.17) is 16.3 Å². The molecule has 1 aromatic rings. The fourth-order valence-corrected chi connectivity index (χ4v) is 2.02. The first-order chi connectivity index (χ1) is 9.11. The number of benzene rings is 1. The summed E-state index contributed by atoms with van der Waals surface area (Å²) in [6, 6.07) is 7.86. The number of rotatable bonds is 9. The molecule has 0 saturated heterocycles. The quantitative estimate of drug-likeness (QED) is 0.731. The third-order valence-corrected chi connectivity index (χ3v) is 3.19. The first-order valence-electron chi connectivity index (χ1n) is 7.18. The minimum absolute atomic E-state index is 0.291. The second kappa shape index (κ2) is 9.35. The fourth-order valence-electron chi connectivity index (χ4n) is 1.89. The molecule has 1 unspecified atom stereocenters. The smallest absolute Gasteiger partial charge is 0.0721 e. The van der Waals surface area contributed by atoms with Crippen molar-refractivity contribution in [2.45, 2.75) is 46.3 Å². The molecular formula is C16H26ClNO. The zero-order chi connectivity index (χ0) is 14.1. The van der Waals surface area contributed by atoms with Crippen molar-refractivity contribution in [3.63, 3.8) is 0 Å². The highest BCUT2D eigenvalue weighted by Crippen LogP contribution is 2.12. The lowest BCUT2D eigenvalue weighted by Crippen LogP contribution is -2.31. The Morgan fingerprint density at radius 2 is 1.84 bits per heavy atom. The summed E-state index contributed by atoms with van der Waals surface area (Å²) < 4.78 is 5.98. The maximum absolute atomic E-state index is 5.98. The second-order valence-electron chi connectivity index (χ2n) is 5.40. The van der Waals surface area contributed by atoms with Gasteiger partial charge in [-0.3, -0.25) is 0 Å². The van der Waals surface area contributed by atoms with Crippen LogP contribution >= 0.6 is 11.6 Å². The molecule has 1 aromatic carbocycles. The Morgan fingerprint density at radius 1 is 1.16 bits per heavy atom. The molecule has 1 atom stereocenters. The van der Waals surface area contributed by atoms with Crippen molar-refractivity contribution in [1.82, 2.24) is 5.32 Å². The lowest BCUT2D eigenvalue weighted by atomic mass is 10.2. The number of hydrogen-bond donors (Lipinski definition) is 1. The normalized spacial score (nSPS) is 12.9. The van der Waals surface area contributed by atoms with Gasteiger partial charge in [0, 0.05) is 11.6 Å². The number of halogens is 1. The molecule has 0 aliphatic heterocycles. The zero-order valence-electron chi connectivity index (χ0n) is 12.3. The summed E-state index contributed by atoms with van der Waals surface area (Å²) in [5.41, 5.74) is 1.18. The van der Waals surface area contributed by atoms with Crippen LogP contribution in [0, 0.1) is 5.92 Å². The molecule has 1 rings (SSSR count). The van der Waals surface area contributed by atoms with Crippen molar-refractivity contribution in [1.29, 1.82) is 0 Å². The van der Waals surface area contributed by atoms with Gasteiger partial charge in [-0.25, -0.2) is 0 Å². The molecule has 2 nitrogen and oxygen atoms in total. The molecule has 0 fully saturated rings. The average molecular weight is 284 g/mol. The molecule has 0 amide bonds. The van der Waals surface area contributed by atoms with Crippen molar-refractivity contribution < 1.29 is 4.74 Å². The van der Waals surface area contributed by atoms with Gasteiger partial charge in [-0.15, -0.1) is 0 Å². The molecule has 0 bridgehead atoms. The molecule has 1 N–H and O–H groups in total. The third-order valence-electron chi connectivity index (χ3n) is 2.93. The first kappa shape index (κ1) is 16.5. The summed E-state index contributed by atoms with van der Waals surface area (Å²) in [6.07, 6.45) is 2.53. The standard InChI is InChI=1S/C16H26ClNO/c1-4-5-16(11-18-10-13(2)3)19-12-14-6-8-15(17)9-7-14/h6-9,13,16,18H,4-5,10-12H2,1-3H3. The summed E-state index contributed by atoms with van der Waals surface area (Å²) in [6.45, 7) is 9.27. The van der Waals surface area contributed by atoms with E-state index in [0.29, 0.717) is 18.6 Å². The van der Waals surface area contributed by atoms with Gasteiger partial charge in [0.1, 0.15) is 0 Å². The second-order valence-corrected chi connectivity index (χ2v) is 5.84. The Labute approximate surface area is 122 Å². The molecule has 0 saturated carbocycles. The van der Waals surface area contributed by atoms with Gasteiger partial charge in [0.15, 0.2) is 0 Å². The Morgan fingerprint density at radius 3 is 2.42 bits per heavy atom. The van der Waals surface area contributed by atoms with E-state index in [-0.39, 0.29) is 0 Å². The van der Waals surface area contributed by atoms with Crippen LogP contribution in [0.2, 0.25) is 5.02 Å².